The molecule has 0 spiro atoms. The molecular formula is C10H8F3NO2. The summed E-state index contributed by atoms with van der Waals surface area (Å²) in [7, 11) is 0. The molecule has 0 atom stereocenters. The topological polar surface area (TPSA) is 40.5 Å². The Balaban J connectivity index is 2.27. The highest BCUT2D eigenvalue weighted by molar-refractivity contribution is 5.95. The van der Waals surface area contributed by atoms with Crippen LogP contribution in [0.1, 0.15) is 10.4 Å². The molecule has 6 heteroatoms. The normalized spacial score (nSPS) is 16.1. The standard InChI is InChI=1S/C10H8F3NO2/c11-7-2-1-6(8(12)9(7)13)10(16)14-3-5(15)4-14/h1-2,5,15H,3-4H2. The molecule has 1 amide bonds. The minimum atomic E-state index is -1.66. The van der Waals surface area contributed by atoms with Crippen LogP contribution in [0.5, 0.6) is 0 Å². The first-order chi connectivity index (χ1) is 7.50. The van der Waals surface area contributed by atoms with E-state index in [2.05, 4.69) is 0 Å². The Labute approximate surface area is 89.1 Å². The van der Waals surface area contributed by atoms with Crippen molar-refractivity contribution in [1.82, 2.24) is 4.90 Å². The van der Waals surface area contributed by atoms with Gasteiger partial charge in [-0.25, -0.2) is 13.2 Å². The number of carbonyl (C=O) groups excluding carboxylic acids is 1. The number of hydrogen-bond donors (Lipinski definition) is 1. The van der Waals surface area contributed by atoms with Crippen LogP contribution < -0.4 is 0 Å². The van der Waals surface area contributed by atoms with Gasteiger partial charge in [0.1, 0.15) is 0 Å². The number of benzene rings is 1. The third kappa shape index (κ3) is 1.65. The molecular weight excluding hydrogens is 223 g/mol. The van der Waals surface area contributed by atoms with Gasteiger partial charge in [-0.2, -0.15) is 0 Å². The summed E-state index contributed by atoms with van der Waals surface area (Å²) in [5, 5.41) is 8.96. The highest BCUT2D eigenvalue weighted by Crippen LogP contribution is 2.19. The first-order valence-corrected chi connectivity index (χ1v) is 4.61. The fourth-order valence-corrected chi connectivity index (χ4v) is 1.48. The van der Waals surface area contributed by atoms with Crippen LogP contribution >= 0.6 is 0 Å². The summed E-state index contributed by atoms with van der Waals surface area (Å²) in [6, 6.07) is 1.59. The number of likely N-dealkylation sites (tertiary alicyclic amines) is 1. The van der Waals surface area contributed by atoms with Gasteiger partial charge in [-0.3, -0.25) is 4.79 Å². The van der Waals surface area contributed by atoms with Crippen molar-refractivity contribution in [2.24, 2.45) is 0 Å². The van der Waals surface area contributed by atoms with Crippen molar-refractivity contribution >= 4 is 5.91 Å². The first kappa shape index (κ1) is 10.9. The number of rotatable bonds is 1. The Bertz CT molecular complexity index is 444. The number of amides is 1. The molecule has 1 fully saturated rings. The van der Waals surface area contributed by atoms with E-state index in [1.54, 1.807) is 0 Å². The maximum Gasteiger partial charge on any atom is 0.257 e. The van der Waals surface area contributed by atoms with Crippen molar-refractivity contribution in [3.63, 3.8) is 0 Å². The van der Waals surface area contributed by atoms with Gasteiger partial charge in [0.25, 0.3) is 5.91 Å². The van der Waals surface area contributed by atoms with Gasteiger partial charge in [-0.1, -0.05) is 0 Å². The van der Waals surface area contributed by atoms with E-state index in [0.29, 0.717) is 6.07 Å². The molecule has 1 aliphatic rings. The predicted octanol–water partition coefficient (Wildman–Crippen LogP) is 0.921. The van der Waals surface area contributed by atoms with Gasteiger partial charge >= 0.3 is 0 Å². The van der Waals surface area contributed by atoms with E-state index in [1.807, 2.05) is 0 Å². The van der Waals surface area contributed by atoms with Gasteiger partial charge in [0, 0.05) is 13.1 Å². The Kier molecular flexibility index (Phi) is 2.59. The van der Waals surface area contributed by atoms with Crippen LogP contribution in [0.25, 0.3) is 0 Å². The summed E-state index contributed by atoms with van der Waals surface area (Å²) in [5.41, 5.74) is -0.522. The second kappa shape index (κ2) is 3.79. The van der Waals surface area contributed by atoms with Gasteiger partial charge in [-0.05, 0) is 12.1 Å². The van der Waals surface area contributed by atoms with Crippen molar-refractivity contribution in [1.29, 1.82) is 0 Å². The number of aliphatic hydroxyl groups is 1. The third-order valence-corrected chi connectivity index (χ3v) is 2.42. The molecule has 2 rings (SSSR count). The maximum absolute atomic E-state index is 13.2. The zero-order valence-corrected chi connectivity index (χ0v) is 8.08. The van der Waals surface area contributed by atoms with Gasteiger partial charge in [0.05, 0.1) is 11.7 Å². The van der Waals surface area contributed by atoms with E-state index in [4.69, 9.17) is 5.11 Å². The number of carbonyl (C=O) groups is 1. The molecule has 1 aromatic carbocycles. The fraction of sp³-hybridized carbons (Fsp3) is 0.300. The molecule has 1 aromatic rings. The van der Waals surface area contributed by atoms with E-state index < -0.39 is 35.0 Å². The summed E-state index contributed by atoms with van der Waals surface area (Å²) in [5.74, 6) is -5.24. The van der Waals surface area contributed by atoms with Crippen LogP contribution in [-0.4, -0.2) is 35.1 Å². The van der Waals surface area contributed by atoms with Crippen LogP contribution in [-0.2, 0) is 0 Å². The van der Waals surface area contributed by atoms with E-state index in [1.165, 1.54) is 0 Å². The van der Waals surface area contributed by atoms with Crippen LogP contribution in [0, 0.1) is 17.5 Å². The monoisotopic (exact) mass is 231 g/mol. The summed E-state index contributed by atoms with van der Waals surface area (Å²) in [6.07, 6.45) is -0.627. The molecule has 0 saturated carbocycles. The highest BCUT2D eigenvalue weighted by Gasteiger charge is 2.31. The Hall–Kier alpha value is -1.56. The summed E-state index contributed by atoms with van der Waals surface area (Å²) in [6.45, 7) is 0.161. The zero-order valence-electron chi connectivity index (χ0n) is 8.08. The Morgan fingerprint density at radius 3 is 2.44 bits per heavy atom. The third-order valence-electron chi connectivity index (χ3n) is 2.42. The fourth-order valence-electron chi connectivity index (χ4n) is 1.48. The van der Waals surface area contributed by atoms with E-state index in [-0.39, 0.29) is 13.1 Å². The number of halogens is 3. The van der Waals surface area contributed by atoms with Gasteiger partial charge in [0.2, 0.25) is 0 Å². The van der Waals surface area contributed by atoms with Gasteiger partial charge < -0.3 is 10.0 Å². The second-order valence-electron chi connectivity index (χ2n) is 3.59. The lowest BCUT2D eigenvalue weighted by Crippen LogP contribution is -2.53. The summed E-state index contributed by atoms with van der Waals surface area (Å²) >= 11 is 0. The molecule has 0 bridgehead atoms. The molecule has 1 N–H and O–H groups in total. The van der Waals surface area contributed by atoms with E-state index >= 15 is 0 Å². The van der Waals surface area contributed by atoms with Gasteiger partial charge in [0.15, 0.2) is 17.5 Å². The molecule has 0 aliphatic carbocycles. The SMILES string of the molecule is O=C(c1ccc(F)c(F)c1F)N1CC(O)C1. The quantitative estimate of drug-likeness (QED) is 0.730. The molecule has 0 aromatic heterocycles. The molecule has 1 saturated heterocycles. The van der Waals surface area contributed by atoms with Crippen LogP contribution in [0.4, 0.5) is 13.2 Å². The molecule has 1 heterocycles. The Morgan fingerprint density at radius 1 is 1.25 bits per heavy atom. The van der Waals surface area contributed by atoms with Crippen molar-refractivity contribution in [2.45, 2.75) is 6.10 Å². The van der Waals surface area contributed by atoms with E-state index in [0.717, 1.165) is 11.0 Å². The van der Waals surface area contributed by atoms with Crippen molar-refractivity contribution in [3.05, 3.63) is 35.1 Å². The lowest BCUT2D eigenvalue weighted by atomic mass is 10.1. The lowest BCUT2D eigenvalue weighted by Gasteiger charge is -2.35. The molecule has 16 heavy (non-hydrogen) atoms. The summed E-state index contributed by atoms with van der Waals surface area (Å²) in [4.78, 5) is 12.7. The van der Waals surface area contributed by atoms with Gasteiger partial charge in [-0.15, -0.1) is 0 Å². The molecule has 1 aliphatic heterocycles. The largest absolute Gasteiger partial charge is 0.389 e. The minimum Gasteiger partial charge on any atom is -0.389 e. The zero-order chi connectivity index (χ0) is 11.9. The maximum atomic E-state index is 13.2. The molecule has 86 valence electrons. The average molecular weight is 231 g/mol. The molecule has 0 radical (unpaired) electrons. The Morgan fingerprint density at radius 2 is 1.88 bits per heavy atom. The molecule has 3 nitrogen and oxygen atoms in total. The number of aliphatic hydroxyl groups excluding tert-OH is 1. The lowest BCUT2D eigenvalue weighted by molar-refractivity contribution is 0.00552. The highest BCUT2D eigenvalue weighted by atomic mass is 19.2. The second-order valence-corrected chi connectivity index (χ2v) is 3.59. The van der Waals surface area contributed by atoms with Crippen LogP contribution in [0.2, 0.25) is 0 Å². The van der Waals surface area contributed by atoms with Crippen molar-refractivity contribution in [2.75, 3.05) is 13.1 Å². The van der Waals surface area contributed by atoms with Crippen molar-refractivity contribution < 1.29 is 23.1 Å². The van der Waals surface area contributed by atoms with Crippen molar-refractivity contribution in [3.8, 4) is 0 Å². The summed E-state index contributed by atoms with van der Waals surface area (Å²) < 4.78 is 38.7. The van der Waals surface area contributed by atoms with Crippen LogP contribution in [0.15, 0.2) is 12.1 Å². The number of β-amino-alcohol motifs (C(OH)–C–C–N with tert-alkyl or cyclic N) is 1. The molecule has 0 unspecified atom stereocenters. The van der Waals surface area contributed by atoms with E-state index in [9.17, 15) is 18.0 Å². The smallest absolute Gasteiger partial charge is 0.257 e. The first-order valence-electron chi connectivity index (χ1n) is 4.61. The average Bonchev–Trinajstić information content (AvgIpc) is 2.21. The number of hydrogen-bond acceptors (Lipinski definition) is 2. The van der Waals surface area contributed by atoms with Crippen LogP contribution in [0.3, 0.4) is 0 Å². The predicted molar refractivity (Wildman–Crippen MR) is 48.2 cm³/mol. The minimum absolute atomic E-state index is 0.0806. The number of nitrogens with zero attached hydrogens (tertiary/aromatic N) is 1.